The number of rotatable bonds is 5. The van der Waals surface area contributed by atoms with E-state index in [2.05, 4.69) is 30.8 Å². The molecule has 3 N–H and O–H groups in total. The zero-order valence-corrected chi connectivity index (χ0v) is 15.3. The maximum absolute atomic E-state index is 12.6. The van der Waals surface area contributed by atoms with Crippen LogP contribution in [-0.2, 0) is 9.59 Å². The Hall–Kier alpha value is -1.06. The molecular formula is C15H18IN3O2S. The van der Waals surface area contributed by atoms with Crippen LogP contribution in [0.25, 0.3) is 0 Å². The van der Waals surface area contributed by atoms with Gasteiger partial charge in [-0.2, -0.15) is 0 Å². The minimum absolute atomic E-state index is 0.133. The van der Waals surface area contributed by atoms with Gasteiger partial charge in [0.1, 0.15) is 5.54 Å². The fourth-order valence-corrected chi connectivity index (χ4v) is 3.85. The van der Waals surface area contributed by atoms with Gasteiger partial charge in [0.25, 0.3) is 0 Å². The van der Waals surface area contributed by atoms with E-state index < -0.39 is 11.4 Å². The molecule has 0 aliphatic carbocycles. The molecule has 1 atom stereocenters. The van der Waals surface area contributed by atoms with Crippen molar-refractivity contribution >= 4 is 42.1 Å². The van der Waals surface area contributed by atoms with Crippen LogP contribution in [0.4, 0.5) is 0 Å². The molecule has 22 heavy (non-hydrogen) atoms. The van der Waals surface area contributed by atoms with E-state index in [1.165, 1.54) is 0 Å². The summed E-state index contributed by atoms with van der Waals surface area (Å²) in [6.45, 7) is 3.88. The van der Waals surface area contributed by atoms with Crippen LogP contribution in [0.15, 0.2) is 42.0 Å². The average molecular weight is 431 g/mol. The third kappa shape index (κ3) is 3.64. The van der Waals surface area contributed by atoms with Crippen molar-refractivity contribution in [3.05, 3.63) is 47.5 Å². The summed E-state index contributed by atoms with van der Waals surface area (Å²) in [6, 6.07) is 9.71. The van der Waals surface area contributed by atoms with Crippen molar-refractivity contribution in [1.29, 1.82) is 0 Å². The Bertz CT molecular complexity index is 604. The Balaban J connectivity index is 2.26. The first kappa shape index (κ1) is 17.3. The Morgan fingerprint density at radius 3 is 2.55 bits per heavy atom. The monoisotopic (exact) mass is 431 g/mol. The largest absolute Gasteiger partial charge is 0.368 e. The molecule has 0 saturated heterocycles. The number of nitrogens with zero attached hydrogens (tertiary/aromatic N) is 1. The number of halogens is 1. The number of carbonyl (C=O) groups is 2. The number of nitrogens with two attached hydrogens (primary N) is 1. The van der Waals surface area contributed by atoms with Gasteiger partial charge in [0.15, 0.2) is 0 Å². The summed E-state index contributed by atoms with van der Waals surface area (Å²) in [7, 11) is 1.56. The summed E-state index contributed by atoms with van der Waals surface area (Å²) in [6.07, 6.45) is 1.90. The maximum atomic E-state index is 12.6. The lowest BCUT2D eigenvalue weighted by atomic mass is 9.98. The van der Waals surface area contributed by atoms with Crippen LogP contribution in [0.5, 0.6) is 0 Å². The van der Waals surface area contributed by atoms with Gasteiger partial charge in [-0.3, -0.25) is 9.59 Å². The van der Waals surface area contributed by atoms with Gasteiger partial charge < -0.3 is 11.1 Å². The van der Waals surface area contributed by atoms with E-state index in [0.717, 1.165) is 5.56 Å². The van der Waals surface area contributed by atoms with Gasteiger partial charge in [0, 0.05) is 33.3 Å². The molecule has 0 spiro atoms. The first-order valence-electron chi connectivity index (χ1n) is 6.79. The molecule has 1 heterocycles. The number of hydrogen-bond acceptors (Lipinski definition) is 4. The summed E-state index contributed by atoms with van der Waals surface area (Å²) < 4.78 is 2.11. The normalized spacial score (nSPS) is 18.9. The van der Waals surface area contributed by atoms with E-state index in [0.29, 0.717) is 12.1 Å². The van der Waals surface area contributed by atoms with E-state index in [1.807, 2.05) is 36.4 Å². The predicted molar refractivity (Wildman–Crippen MR) is 97.0 cm³/mol. The molecule has 0 aromatic heterocycles. The van der Waals surface area contributed by atoms with Crippen molar-refractivity contribution in [3.8, 4) is 0 Å². The number of primary amides is 1. The molecule has 1 aromatic rings. The molecule has 7 heteroatoms. The molecule has 118 valence electrons. The molecule has 1 aliphatic heterocycles. The molecule has 1 unspecified atom stereocenters. The number of benzene rings is 1. The lowest BCUT2D eigenvalue weighted by molar-refractivity contribution is -0.128. The molecule has 0 fully saturated rings. The minimum Gasteiger partial charge on any atom is -0.368 e. The highest BCUT2D eigenvalue weighted by molar-refractivity contribution is 14.2. The van der Waals surface area contributed by atoms with Crippen LogP contribution in [0.3, 0.4) is 0 Å². The summed E-state index contributed by atoms with van der Waals surface area (Å²) in [4.78, 5) is 24.0. The molecule has 0 saturated carbocycles. The second-order valence-electron chi connectivity index (χ2n) is 5.58. The standard InChI is InChI=1S/C15H18IN3O2S/c1-15(2,14(17)21)18-13(20)11-8-9-19(22-16)12(11)10-6-4-3-5-7-10/h3-8,12H,9H2,1-2H3,(H2,17,21)(H,18,20). The molecule has 5 nitrogen and oxygen atoms in total. The zero-order chi connectivity index (χ0) is 16.3. The molecular weight excluding hydrogens is 413 g/mol. The quantitative estimate of drug-likeness (QED) is 0.555. The minimum atomic E-state index is -1.08. The number of amides is 2. The molecule has 1 aliphatic rings. The highest BCUT2D eigenvalue weighted by atomic mass is 127. The van der Waals surface area contributed by atoms with Crippen molar-refractivity contribution < 1.29 is 9.59 Å². The second kappa shape index (κ2) is 7.01. The highest BCUT2D eigenvalue weighted by Gasteiger charge is 2.36. The average Bonchev–Trinajstić information content (AvgIpc) is 2.91. The SMILES string of the molecule is CC(C)(NC(=O)C1=CCN(SI)C1c1ccccc1)C(N)=O. The van der Waals surface area contributed by atoms with Gasteiger partial charge in [-0.25, -0.2) is 4.31 Å². The Morgan fingerprint density at radius 1 is 1.36 bits per heavy atom. The van der Waals surface area contributed by atoms with Gasteiger partial charge in [0.2, 0.25) is 11.8 Å². The van der Waals surface area contributed by atoms with E-state index in [1.54, 1.807) is 23.0 Å². The lowest BCUT2D eigenvalue weighted by Crippen LogP contribution is -2.53. The van der Waals surface area contributed by atoms with Gasteiger partial charge in [-0.15, -0.1) is 0 Å². The molecule has 0 radical (unpaired) electrons. The third-order valence-electron chi connectivity index (χ3n) is 3.58. The van der Waals surface area contributed by atoms with E-state index in [4.69, 9.17) is 5.73 Å². The van der Waals surface area contributed by atoms with E-state index >= 15 is 0 Å². The third-order valence-corrected chi connectivity index (χ3v) is 5.64. The highest BCUT2D eigenvalue weighted by Crippen LogP contribution is 2.40. The van der Waals surface area contributed by atoms with Crippen LogP contribution < -0.4 is 11.1 Å². The fraction of sp³-hybridized carbons (Fsp3) is 0.333. The van der Waals surface area contributed by atoms with Gasteiger partial charge >= 0.3 is 0 Å². The zero-order valence-electron chi connectivity index (χ0n) is 12.4. The number of carbonyl (C=O) groups excluding carboxylic acids is 2. The van der Waals surface area contributed by atoms with Crippen LogP contribution in [-0.4, -0.2) is 28.2 Å². The summed E-state index contributed by atoms with van der Waals surface area (Å²) in [5.41, 5.74) is 5.94. The van der Waals surface area contributed by atoms with Crippen LogP contribution in [0.1, 0.15) is 25.5 Å². The van der Waals surface area contributed by atoms with Gasteiger partial charge in [-0.05, 0) is 28.5 Å². The molecule has 1 aromatic carbocycles. The van der Waals surface area contributed by atoms with Crippen molar-refractivity contribution in [1.82, 2.24) is 9.62 Å². The Labute approximate surface area is 146 Å². The maximum Gasteiger partial charge on any atom is 0.249 e. The van der Waals surface area contributed by atoms with Crippen molar-refractivity contribution in [2.24, 2.45) is 5.73 Å². The number of nitrogens with one attached hydrogen (secondary N) is 1. The van der Waals surface area contributed by atoms with Crippen molar-refractivity contribution in [3.63, 3.8) is 0 Å². The van der Waals surface area contributed by atoms with Gasteiger partial charge in [-0.1, -0.05) is 36.4 Å². The molecule has 2 rings (SSSR count). The lowest BCUT2D eigenvalue weighted by Gasteiger charge is -2.27. The van der Waals surface area contributed by atoms with E-state index in [-0.39, 0.29) is 11.9 Å². The Morgan fingerprint density at radius 2 is 2.00 bits per heavy atom. The topological polar surface area (TPSA) is 75.4 Å². The smallest absolute Gasteiger partial charge is 0.249 e. The number of hydrogen-bond donors (Lipinski definition) is 2. The summed E-state index contributed by atoms with van der Waals surface area (Å²) >= 11 is 2.21. The van der Waals surface area contributed by atoms with Crippen LogP contribution >= 0.6 is 30.3 Å². The van der Waals surface area contributed by atoms with Crippen LogP contribution in [0, 0.1) is 0 Å². The first-order chi connectivity index (χ1) is 10.4. The van der Waals surface area contributed by atoms with Crippen molar-refractivity contribution in [2.75, 3.05) is 6.54 Å². The summed E-state index contributed by atoms with van der Waals surface area (Å²) in [5.74, 6) is -0.818. The molecule has 2 amide bonds. The van der Waals surface area contributed by atoms with Gasteiger partial charge in [0.05, 0.1) is 6.04 Å². The first-order valence-corrected chi connectivity index (χ1v) is 10.1. The molecule has 0 bridgehead atoms. The Kier molecular flexibility index (Phi) is 5.51. The fourth-order valence-electron chi connectivity index (χ4n) is 2.24. The van der Waals surface area contributed by atoms with E-state index in [9.17, 15) is 9.59 Å². The van der Waals surface area contributed by atoms with Crippen molar-refractivity contribution in [2.45, 2.75) is 25.4 Å². The predicted octanol–water partition coefficient (Wildman–Crippen LogP) is 2.35. The summed E-state index contributed by atoms with van der Waals surface area (Å²) in [5, 5.41) is 2.72. The van der Waals surface area contributed by atoms with Crippen LogP contribution in [0.2, 0.25) is 0 Å². The second-order valence-corrected chi connectivity index (χ2v) is 7.37.